The van der Waals surface area contributed by atoms with Crippen LogP contribution in [-0.4, -0.2) is 19.6 Å². The van der Waals surface area contributed by atoms with E-state index in [1.165, 1.54) is 0 Å². The smallest absolute Gasteiger partial charge is 0.205 e. The fourth-order valence-corrected chi connectivity index (χ4v) is 3.63. The average molecular weight is 252 g/mol. The van der Waals surface area contributed by atoms with Gasteiger partial charge < -0.3 is 5.11 Å². The first-order valence-electron chi connectivity index (χ1n) is 5.70. The van der Waals surface area contributed by atoms with Gasteiger partial charge in [-0.3, -0.25) is 0 Å². The molecule has 0 saturated heterocycles. The monoisotopic (exact) mass is 252 g/mol. The summed E-state index contributed by atoms with van der Waals surface area (Å²) in [5.74, 6) is 0.333. The van der Waals surface area contributed by atoms with Crippen molar-refractivity contribution in [1.82, 2.24) is 0 Å². The average Bonchev–Trinajstić information content (AvgIpc) is 2.29. The third-order valence-corrected chi connectivity index (χ3v) is 4.99. The van der Waals surface area contributed by atoms with Crippen molar-refractivity contribution in [2.45, 2.75) is 30.8 Å². The van der Waals surface area contributed by atoms with Gasteiger partial charge >= 0.3 is 0 Å². The highest BCUT2D eigenvalue weighted by molar-refractivity contribution is 7.95. The summed E-state index contributed by atoms with van der Waals surface area (Å²) in [5.41, 5.74) is 0. The molecule has 0 aliphatic heterocycles. The van der Waals surface area contributed by atoms with Gasteiger partial charge in [-0.25, -0.2) is 8.42 Å². The lowest BCUT2D eigenvalue weighted by molar-refractivity contribution is 0.178. The van der Waals surface area contributed by atoms with Crippen LogP contribution >= 0.6 is 0 Å². The molecule has 0 saturated carbocycles. The number of allylic oxidation sites excluding steroid dienone is 1. The minimum absolute atomic E-state index is 0.154. The third-order valence-electron chi connectivity index (χ3n) is 3.04. The Morgan fingerprint density at radius 1 is 1.24 bits per heavy atom. The molecule has 2 atom stereocenters. The molecule has 1 aliphatic carbocycles. The second kappa shape index (κ2) is 4.63. The Bertz CT molecular complexity index is 517. The van der Waals surface area contributed by atoms with Crippen LogP contribution in [0.2, 0.25) is 0 Å². The minimum Gasteiger partial charge on any atom is -0.388 e. The van der Waals surface area contributed by atoms with Crippen LogP contribution in [-0.2, 0) is 9.84 Å². The molecule has 1 aliphatic rings. The molecule has 0 radical (unpaired) electrons. The van der Waals surface area contributed by atoms with E-state index in [-0.39, 0.29) is 9.80 Å². The number of hydrogen-bond donors (Lipinski definition) is 1. The molecule has 0 bridgehead atoms. The highest BCUT2D eigenvalue weighted by Gasteiger charge is 2.30. The van der Waals surface area contributed by atoms with Crippen LogP contribution in [0.1, 0.15) is 19.8 Å². The Hall–Kier alpha value is -1.13. The largest absolute Gasteiger partial charge is 0.388 e. The second-order valence-corrected chi connectivity index (χ2v) is 6.47. The van der Waals surface area contributed by atoms with E-state index in [0.717, 1.165) is 0 Å². The van der Waals surface area contributed by atoms with Gasteiger partial charge in [0, 0.05) is 0 Å². The van der Waals surface area contributed by atoms with Crippen LogP contribution in [0.3, 0.4) is 0 Å². The Balaban J connectivity index is 2.41. The summed E-state index contributed by atoms with van der Waals surface area (Å²) in [6.45, 7) is 2.01. The summed E-state index contributed by atoms with van der Waals surface area (Å²) in [7, 11) is -3.52. The van der Waals surface area contributed by atoms with Crippen LogP contribution in [0.4, 0.5) is 0 Å². The van der Waals surface area contributed by atoms with Crippen molar-refractivity contribution in [3.63, 3.8) is 0 Å². The van der Waals surface area contributed by atoms with E-state index in [2.05, 4.69) is 0 Å². The molecule has 1 aromatic carbocycles. The van der Waals surface area contributed by atoms with E-state index in [9.17, 15) is 13.5 Å². The van der Waals surface area contributed by atoms with Gasteiger partial charge in [0.1, 0.15) is 0 Å². The van der Waals surface area contributed by atoms with Crippen LogP contribution in [0, 0.1) is 5.92 Å². The predicted molar refractivity (Wildman–Crippen MR) is 66.1 cm³/mol. The fourth-order valence-electron chi connectivity index (χ4n) is 2.07. The highest BCUT2D eigenvalue weighted by atomic mass is 32.2. The molecule has 4 heteroatoms. The summed E-state index contributed by atoms with van der Waals surface area (Å²) in [5, 5.41) is 9.89. The maximum atomic E-state index is 12.3. The fraction of sp³-hybridized carbons (Fsp3) is 0.385. The van der Waals surface area contributed by atoms with Gasteiger partial charge in [0.25, 0.3) is 0 Å². The molecule has 1 aromatic rings. The normalized spacial score (nSPS) is 25.4. The van der Waals surface area contributed by atoms with E-state index in [1.54, 1.807) is 36.4 Å². The van der Waals surface area contributed by atoms with Crippen LogP contribution in [0.5, 0.6) is 0 Å². The lowest BCUT2D eigenvalue weighted by Gasteiger charge is -2.23. The van der Waals surface area contributed by atoms with Crippen molar-refractivity contribution < 1.29 is 13.5 Å². The molecule has 0 amide bonds. The van der Waals surface area contributed by atoms with Crippen molar-refractivity contribution in [1.29, 1.82) is 0 Å². The zero-order valence-corrected chi connectivity index (χ0v) is 10.5. The van der Waals surface area contributed by atoms with E-state index >= 15 is 0 Å². The predicted octanol–water partition coefficient (Wildman–Crippen LogP) is 2.13. The van der Waals surface area contributed by atoms with Gasteiger partial charge in [-0.15, -0.1) is 0 Å². The van der Waals surface area contributed by atoms with Crippen molar-refractivity contribution in [2.24, 2.45) is 5.92 Å². The molecule has 0 unspecified atom stereocenters. The molecule has 0 spiro atoms. The number of sulfone groups is 1. The maximum absolute atomic E-state index is 12.3. The van der Waals surface area contributed by atoms with Crippen LogP contribution in [0.15, 0.2) is 46.2 Å². The van der Waals surface area contributed by atoms with E-state index < -0.39 is 15.9 Å². The lowest BCUT2D eigenvalue weighted by atomic mass is 9.94. The molecule has 1 N–H and O–H groups in total. The van der Waals surface area contributed by atoms with Crippen molar-refractivity contribution in [3.8, 4) is 0 Å². The molecule has 0 heterocycles. The van der Waals surface area contributed by atoms with Gasteiger partial charge in [-0.1, -0.05) is 31.2 Å². The molecular formula is C13H16O3S. The SMILES string of the molecule is C[C@@H]1CC=C(S(=O)(=O)c2ccccc2)[C@H](O)C1. The van der Waals surface area contributed by atoms with E-state index in [0.29, 0.717) is 18.8 Å². The van der Waals surface area contributed by atoms with E-state index in [1.807, 2.05) is 6.92 Å². The molecule has 17 heavy (non-hydrogen) atoms. The van der Waals surface area contributed by atoms with Gasteiger partial charge in [0.15, 0.2) is 0 Å². The summed E-state index contributed by atoms with van der Waals surface area (Å²) in [6, 6.07) is 8.26. The van der Waals surface area contributed by atoms with E-state index in [4.69, 9.17) is 0 Å². The number of aliphatic hydroxyl groups is 1. The topological polar surface area (TPSA) is 54.4 Å². The number of aliphatic hydroxyl groups excluding tert-OH is 1. The summed E-state index contributed by atoms with van der Waals surface area (Å²) < 4.78 is 24.6. The van der Waals surface area contributed by atoms with Gasteiger partial charge in [-0.2, -0.15) is 0 Å². The zero-order chi connectivity index (χ0) is 12.5. The Morgan fingerprint density at radius 3 is 2.47 bits per heavy atom. The minimum atomic E-state index is -3.52. The Labute approximate surface area is 102 Å². The van der Waals surface area contributed by atoms with Crippen molar-refractivity contribution >= 4 is 9.84 Å². The quantitative estimate of drug-likeness (QED) is 0.877. The molecule has 92 valence electrons. The zero-order valence-electron chi connectivity index (χ0n) is 9.70. The number of rotatable bonds is 2. The molecule has 0 fully saturated rings. The Kier molecular flexibility index (Phi) is 3.35. The van der Waals surface area contributed by atoms with Crippen LogP contribution in [0.25, 0.3) is 0 Å². The lowest BCUT2D eigenvalue weighted by Crippen LogP contribution is -2.24. The van der Waals surface area contributed by atoms with Gasteiger partial charge in [-0.05, 0) is 30.9 Å². The molecule has 3 nitrogen and oxygen atoms in total. The Morgan fingerprint density at radius 2 is 1.88 bits per heavy atom. The maximum Gasteiger partial charge on any atom is 0.205 e. The molecular weight excluding hydrogens is 236 g/mol. The third kappa shape index (κ3) is 2.42. The summed E-state index contributed by atoms with van der Waals surface area (Å²) >= 11 is 0. The highest BCUT2D eigenvalue weighted by Crippen LogP contribution is 2.30. The van der Waals surface area contributed by atoms with Crippen molar-refractivity contribution in [3.05, 3.63) is 41.3 Å². The molecule has 2 rings (SSSR count). The first-order chi connectivity index (χ1) is 8.01. The molecule has 0 aromatic heterocycles. The standard InChI is InChI=1S/C13H16O3S/c1-10-7-8-13(12(14)9-10)17(15,16)11-5-3-2-4-6-11/h2-6,8,10,12,14H,7,9H2,1H3/t10-,12-/m1/s1. The summed E-state index contributed by atoms with van der Waals surface area (Å²) in [6.07, 6.45) is 2.00. The first-order valence-corrected chi connectivity index (χ1v) is 7.18. The number of benzene rings is 1. The van der Waals surface area contributed by atoms with Crippen molar-refractivity contribution in [2.75, 3.05) is 0 Å². The summed E-state index contributed by atoms with van der Waals surface area (Å²) in [4.78, 5) is 0.404. The second-order valence-electron chi connectivity index (χ2n) is 4.52. The number of hydrogen-bond acceptors (Lipinski definition) is 3. The van der Waals surface area contributed by atoms with Gasteiger partial charge in [0.2, 0.25) is 9.84 Å². The van der Waals surface area contributed by atoms with Gasteiger partial charge in [0.05, 0.1) is 15.9 Å². The van der Waals surface area contributed by atoms with Crippen LogP contribution < -0.4 is 0 Å². The first kappa shape index (κ1) is 12.3.